The van der Waals surface area contributed by atoms with Crippen LogP contribution in [0.25, 0.3) is 44.5 Å². The summed E-state index contributed by atoms with van der Waals surface area (Å²) in [5.41, 5.74) is 13.8. The van der Waals surface area contributed by atoms with Crippen LogP contribution in [0.1, 0.15) is 5.56 Å². The van der Waals surface area contributed by atoms with E-state index in [1.807, 2.05) is 12.1 Å². The number of para-hydroxylation sites is 1. The maximum absolute atomic E-state index is 3.43. The van der Waals surface area contributed by atoms with Crippen LogP contribution in [0.5, 0.6) is 0 Å². The van der Waals surface area contributed by atoms with E-state index in [0.717, 1.165) is 39.3 Å². The van der Waals surface area contributed by atoms with Crippen molar-refractivity contribution in [2.75, 3.05) is 4.90 Å². The van der Waals surface area contributed by atoms with Gasteiger partial charge in [0.15, 0.2) is 0 Å². The molecule has 0 bridgehead atoms. The summed E-state index contributed by atoms with van der Waals surface area (Å²) in [4.78, 5) is 2.30. The fraction of sp³-hybridized carbons (Fsp3) is 0.0233. The van der Waals surface area contributed by atoms with Gasteiger partial charge in [0.25, 0.3) is 0 Å². The number of benzene rings is 7. The standard InChI is InChI=1S/C43H31N.U/c1-32-18-20-35(21-19-32)37-12-8-14-39(30-37)40-15-9-13-38(31-40)36-24-28-43(29-25-36)44(41-16-6-3-7-17-41)42-26-22-34(23-27-42)33-10-4-2-5-11-33;/h2-13,16-31H,1H3;/q-2;+2. The molecular formula is C43H31NU. The molecule has 0 amide bonds. The third kappa shape index (κ3) is 6.89. The van der Waals surface area contributed by atoms with Gasteiger partial charge in [0, 0.05) is 17.1 Å². The monoisotopic (exact) mass is 799 g/mol. The molecule has 7 rings (SSSR count). The van der Waals surface area contributed by atoms with E-state index in [4.69, 9.17) is 0 Å². The number of rotatable bonds is 7. The third-order valence-corrected chi connectivity index (χ3v) is 7.98. The number of nitrogens with zero attached hydrogens (tertiary/aromatic N) is 1. The Morgan fingerprint density at radius 2 is 0.756 bits per heavy atom. The van der Waals surface area contributed by atoms with Crippen LogP contribution in [0.2, 0.25) is 0 Å². The summed E-state index contributed by atoms with van der Waals surface area (Å²) in [5.74, 6) is 0. The van der Waals surface area contributed by atoms with Crippen molar-refractivity contribution in [2.24, 2.45) is 0 Å². The first-order valence-electron chi connectivity index (χ1n) is 14.9. The summed E-state index contributed by atoms with van der Waals surface area (Å²) in [6.07, 6.45) is 0. The van der Waals surface area contributed by atoms with Gasteiger partial charge in [-0.15, -0.1) is 23.3 Å². The van der Waals surface area contributed by atoms with Gasteiger partial charge in [-0.25, -0.2) is 11.1 Å². The molecule has 212 valence electrons. The predicted molar refractivity (Wildman–Crippen MR) is 185 cm³/mol. The van der Waals surface area contributed by atoms with Gasteiger partial charge in [0.2, 0.25) is 0 Å². The molecule has 0 aliphatic heterocycles. The van der Waals surface area contributed by atoms with Gasteiger partial charge >= 0.3 is 31.1 Å². The molecule has 45 heavy (non-hydrogen) atoms. The minimum absolute atomic E-state index is 0. The second-order valence-electron chi connectivity index (χ2n) is 11.0. The molecular weight excluding hydrogens is 769 g/mol. The average Bonchev–Trinajstić information content (AvgIpc) is 3.10. The normalized spacial score (nSPS) is 10.6. The molecule has 7 aromatic rings. The number of aryl methyl sites for hydroxylation is 1. The van der Waals surface area contributed by atoms with Crippen molar-refractivity contribution in [3.05, 3.63) is 188 Å². The van der Waals surface area contributed by atoms with Crippen molar-refractivity contribution in [3.63, 3.8) is 0 Å². The van der Waals surface area contributed by atoms with Gasteiger partial charge in [-0.2, -0.15) is 36.4 Å². The quantitative estimate of drug-likeness (QED) is 0.145. The Kier molecular flexibility index (Phi) is 9.47. The summed E-state index contributed by atoms with van der Waals surface area (Å²) in [6, 6.07) is 66.8. The summed E-state index contributed by atoms with van der Waals surface area (Å²) >= 11 is 0. The summed E-state index contributed by atoms with van der Waals surface area (Å²) in [5, 5.41) is 0. The molecule has 0 saturated heterocycles. The smallest absolute Gasteiger partial charge is 0.311 e. The van der Waals surface area contributed by atoms with E-state index < -0.39 is 0 Å². The van der Waals surface area contributed by atoms with Gasteiger partial charge in [0.05, 0.1) is 0 Å². The molecule has 0 aliphatic carbocycles. The van der Waals surface area contributed by atoms with E-state index in [9.17, 15) is 0 Å². The van der Waals surface area contributed by atoms with Crippen LogP contribution < -0.4 is 4.90 Å². The molecule has 0 saturated carbocycles. The Hall–Kier alpha value is -4.61. The van der Waals surface area contributed by atoms with E-state index in [1.54, 1.807) is 0 Å². The minimum Gasteiger partial charge on any atom is -0.311 e. The largest absolute Gasteiger partial charge is 2.00 e. The van der Waals surface area contributed by atoms with Crippen molar-refractivity contribution < 1.29 is 31.1 Å². The van der Waals surface area contributed by atoms with E-state index in [2.05, 4.69) is 182 Å². The maximum Gasteiger partial charge on any atom is 2.00 e. The Morgan fingerprint density at radius 3 is 1.24 bits per heavy atom. The molecule has 0 aromatic heterocycles. The Morgan fingerprint density at radius 1 is 0.378 bits per heavy atom. The first-order chi connectivity index (χ1) is 21.7. The molecule has 0 fully saturated rings. The van der Waals surface area contributed by atoms with Crippen molar-refractivity contribution in [3.8, 4) is 44.5 Å². The summed E-state index contributed by atoms with van der Waals surface area (Å²) in [7, 11) is 0. The second kappa shape index (κ2) is 14.0. The number of anilines is 3. The van der Waals surface area contributed by atoms with Crippen LogP contribution >= 0.6 is 0 Å². The van der Waals surface area contributed by atoms with Crippen LogP contribution in [0.4, 0.5) is 17.1 Å². The molecule has 0 heterocycles. The molecule has 0 unspecified atom stereocenters. The van der Waals surface area contributed by atoms with Crippen molar-refractivity contribution in [1.29, 1.82) is 0 Å². The zero-order chi connectivity index (χ0) is 29.7. The van der Waals surface area contributed by atoms with Gasteiger partial charge in [-0.1, -0.05) is 103 Å². The topological polar surface area (TPSA) is 3.24 Å². The molecule has 0 N–H and O–H groups in total. The SMILES string of the molecule is Cc1ccc(-c2cc[c-]c(-c3[c-]ccc(-c4ccc(N(c5ccccc5)c5ccc(-c6ccccc6)cc5)cc4)c3)c2)cc1.[U+2]. The maximum atomic E-state index is 3.43. The first-order valence-corrected chi connectivity index (χ1v) is 14.9. The van der Waals surface area contributed by atoms with Crippen LogP contribution in [0.3, 0.4) is 0 Å². The average molecular weight is 800 g/mol. The molecule has 7 aromatic carbocycles. The van der Waals surface area contributed by atoms with Crippen molar-refractivity contribution in [2.45, 2.75) is 6.92 Å². The van der Waals surface area contributed by atoms with Gasteiger partial charge in [-0.3, -0.25) is 0 Å². The molecule has 1 nitrogen and oxygen atoms in total. The fourth-order valence-corrected chi connectivity index (χ4v) is 5.61. The van der Waals surface area contributed by atoms with Gasteiger partial charge in [-0.05, 0) is 65.6 Å². The Bertz CT molecular complexity index is 1980. The molecule has 0 atom stereocenters. The zero-order valence-corrected chi connectivity index (χ0v) is 29.3. The van der Waals surface area contributed by atoms with Gasteiger partial charge in [0.1, 0.15) is 0 Å². The Labute approximate surface area is 290 Å². The van der Waals surface area contributed by atoms with Crippen molar-refractivity contribution >= 4 is 17.1 Å². The van der Waals surface area contributed by atoms with E-state index in [-0.39, 0.29) is 31.1 Å². The molecule has 0 radical (unpaired) electrons. The summed E-state index contributed by atoms with van der Waals surface area (Å²) in [6.45, 7) is 2.11. The minimum atomic E-state index is 0. The van der Waals surface area contributed by atoms with E-state index in [1.165, 1.54) is 27.8 Å². The molecule has 0 spiro atoms. The van der Waals surface area contributed by atoms with E-state index >= 15 is 0 Å². The fourth-order valence-electron chi connectivity index (χ4n) is 5.61. The van der Waals surface area contributed by atoms with Crippen LogP contribution in [0.15, 0.2) is 170 Å². The first kappa shape index (κ1) is 30.4. The van der Waals surface area contributed by atoms with Gasteiger partial charge < -0.3 is 4.90 Å². The molecule has 0 aliphatic rings. The zero-order valence-electron chi connectivity index (χ0n) is 25.1. The van der Waals surface area contributed by atoms with Crippen LogP contribution in [0, 0.1) is 50.2 Å². The van der Waals surface area contributed by atoms with Crippen LogP contribution in [-0.2, 0) is 0 Å². The second-order valence-corrected chi connectivity index (χ2v) is 11.0. The number of hydrogen-bond donors (Lipinski definition) is 0. The third-order valence-electron chi connectivity index (χ3n) is 7.98. The van der Waals surface area contributed by atoms with Crippen LogP contribution in [-0.4, -0.2) is 0 Å². The predicted octanol–water partition coefficient (Wildman–Crippen LogP) is 11.7. The van der Waals surface area contributed by atoms with E-state index in [0.29, 0.717) is 0 Å². The summed E-state index contributed by atoms with van der Waals surface area (Å²) < 4.78 is 0. The number of hydrogen-bond acceptors (Lipinski definition) is 1. The molecule has 2 heteroatoms. The Balaban J connectivity index is 0.00000357. The van der Waals surface area contributed by atoms with Crippen molar-refractivity contribution in [1.82, 2.24) is 0 Å².